The molecule has 26 heavy (non-hydrogen) atoms. The summed E-state index contributed by atoms with van der Waals surface area (Å²) in [5.74, 6) is 0.374. The maximum absolute atomic E-state index is 13.5. The third-order valence-electron chi connectivity index (χ3n) is 4.36. The fraction of sp³-hybridized carbons (Fsp3) is 0.222. The molecule has 2 aromatic carbocycles. The predicted octanol–water partition coefficient (Wildman–Crippen LogP) is 2.92. The van der Waals surface area contributed by atoms with E-state index in [0.717, 1.165) is 5.56 Å². The van der Waals surface area contributed by atoms with E-state index in [-0.39, 0.29) is 11.6 Å². The molecule has 0 unspecified atom stereocenters. The Bertz CT molecular complexity index is 1070. The molecule has 2 heterocycles. The van der Waals surface area contributed by atoms with Gasteiger partial charge in [0.2, 0.25) is 10.0 Å². The average Bonchev–Trinajstić information content (AvgIpc) is 2.99. The summed E-state index contributed by atoms with van der Waals surface area (Å²) in [7, 11) is -3.21. The number of nitrogens with one attached hydrogen (secondary N) is 1. The number of benzene rings is 2. The van der Waals surface area contributed by atoms with Gasteiger partial charge in [-0.05, 0) is 42.3 Å². The van der Waals surface area contributed by atoms with Gasteiger partial charge in [-0.25, -0.2) is 22.8 Å². The minimum Gasteiger partial charge on any atom is -0.365 e. The van der Waals surface area contributed by atoms with Crippen molar-refractivity contribution in [2.75, 3.05) is 21.9 Å². The summed E-state index contributed by atoms with van der Waals surface area (Å²) in [5.41, 5.74) is 2.23. The van der Waals surface area contributed by atoms with E-state index < -0.39 is 10.0 Å². The summed E-state index contributed by atoms with van der Waals surface area (Å²) in [4.78, 5) is 8.32. The molecule has 1 saturated heterocycles. The molecule has 0 radical (unpaired) electrons. The fourth-order valence-electron chi connectivity index (χ4n) is 3.11. The molecule has 6 nitrogen and oxygen atoms in total. The summed E-state index contributed by atoms with van der Waals surface area (Å²) in [5, 5.41) is 3.79. The summed E-state index contributed by atoms with van der Waals surface area (Å²) in [6.45, 7) is 0.944. The van der Waals surface area contributed by atoms with Crippen molar-refractivity contribution >= 4 is 32.4 Å². The van der Waals surface area contributed by atoms with Gasteiger partial charge in [0.1, 0.15) is 18.0 Å². The molecule has 134 valence electrons. The highest BCUT2D eigenvalue weighted by Gasteiger charge is 2.28. The van der Waals surface area contributed by atoms with Crippen molar-refractivity contribution < 1.29 is 12.8 Å². The number of aromatic nitrogens is 2. The molecule has 1 aromatic heterocycles. The summed E-state index contributed by atoms with van der Waals surface area (Å²) in [6, 6.07) is 11.7. The second kappa shape index (κ2) is 6.53. The van der Waals surface area contributed by atoms with Crippen LogP contribution in [0.15, 0.2) is 48.8 Å². The highest BCUT2D eigenvalue weighted by molar-refractivity contribution is 7.93. The maximum atomic E-state index is 13.5. The lowest BCUT2D eigenvalue weighted by atomic mass is 10.2. The van der Waals surface area contributed by atoms with Crippen LogP contribution in [-0.4, -0.2) is 30.7 Å². The van der Waals surface area contributed by atoms with Crippen molar-refractivity contribution in [3.8, 4) is 0 Å². The van der Waals surface area contributed by atoms with Crippen LogP contribution < -0.4 is 9.62 Å². The molecule has 3 aromatic rings. The van der Waals surface area contributed by atoms with E-state index in [4.69, 9.17) is 0 Å². The first-order chi connectivity index (χ1) is 12.5. The SMILES string of the molecule is O=S1(=O)CCCN1c1cccc(CNc2ncnc3ccc(F)cc23)c1. The number of rotatable bonds is 4. The van der Waals surface area contributed by atoms with E-state index in [9.17, 15) is 12.8 Å². The maximum Gasteiger partial charge on any atom is 0.235 e. The standard InChI is InChI=1S/C18H17FN4O2S/c19-14-5-6-17-16(10-14)18(22-12-21-17)20-11-13-3-1-4-15(9-13)23-7-2-8-26(23,24)25/h1,3-6,9-10,12H,2,7-8,11H2,(H,20,21,22). The van der Waals surface area contributed by atoms with Gasteiger partial charge in [-0.1, -0.05) is 12.1 Å². The van der Waals surface area contributed by atoms with Crippen LogP contribution in [0.4, 0.5) is 15.9 Å². The van der Waals surface area contributed by atoms with E-state index in [0.29, 0.717) is 41.9 Å². The Morgan fingerprint density at radius 2 is 2.04 bits per heavy atom. The Kier molecular flexibility index (Phi) is 4.20. The molecule has 0 saturated carbocycles. The van der Waals surface area contributed by atoms with E-state index in [1.54, 1.807) is 12.1 Å². The van der Waals surface area contributed by atoms with Crippen LogP contribution in [0.25, 0.3) is 10.9 Å². The highest BCUT2D eigenvalue weighted by atomic mass is 32.2. The van der Waals surface area contributed by atoms with Gasteiger partial charge in [-0.2, -0.15) is 0 Å². The molecular weight excluding hydrogens is 355 g/mol. The lowest BCUT2D eigenvalue weighted by Gasteiger charge is -2.18. The fourth-order valence-corrected chi connectivity index (χ4v) is 4.66. The number of nitrogens with zero attached hydrogens (tertiary/aromatic N) is 3. The number of halogens is 1. The molecule has 0 spiro atoms. The minimum absolute atomic E-state index is 0.188. The Hall–Kier alpha value is -2.74. The largest absolute Gasteiger partial charge is 0.365 e. The molecule has 1 aliphatic heterocycles. The molecule has 8 heteroatoms. The van der Waals surface area contributed by atoms with Crippen molar-refractivity contribution in [3.05, 3.63) is 60.2 Å². The molecule has 1 fully saturated rings. The van der Waals surface area contributed by atoms with Crippen molar-refractivity contribution in [2.45, 2.75) is 13.0 Å². The lowest BCUT2D eigenvalue weighted by Crippen LogP contribution is -2.25. The normalized spacial score (nSPS) is 16.1. The van der Waals surface area contributed by atoms with Gasteiger partial charge < -0.3 is 5.32 Å². The van der Waals surface area contributed by atoms with Crippen molar-refractivity contribution in [1.29, 1.82) is 0 Å². The molecule has 0 aliphatic carbocycles. The second-order valence-corrected chi connectivity index (χ2v) is 8.16. The van der Waals surface area contributed by atoms with E-state index >= 15 is 0 Å². The molecule has 0 amide bonds. The molecule has 0 bridgehead atoms. The summed E-state index contributed by atoms with van der Waals surface area (Å²) in [6.07, 6.45) is 2.07. The van der Waals surface area contributed by atoms with Crippen molar-refractivity contribution in [3.63, 3.8) is 0 Å². The van der Waals surface area contributed by atoms with Crippen LogP contribution >= 0.6 is 0 Å². The zero-order valence-corrected chi connectivity index (χ0v) is 14.7. The van der Waals surface area contributed by atoms with Gasteiger partial charge in [-0.15, -0.1) is 0 Å². The van der Waals surface area contributed by atoms with Crippen LogP contribution in [0.3, 0.4) is 0 Å². The van der Waals surface area contributed by atoms with Crippen LogP contribution in [0, 0.1) is 5.82 Å². The molecule has 1 N–H and O–H groups in total. The van der Waals surface area contributed by atoms with E-state index in [1.165, 1.54) is 22.8 Å². The van der Waals surface area contributed by atoms with Gasteiger partial charge in [0, 0.05) is 18.5 Å². The van der Waals surface area contributed by atoms with Crippen molar-refractivity contribution in [2.24, 2.45) is 0 Å². The van der Waals surface area contributed by atoms with Gasteiger partial charge in [0.05, 0.1) is 17.0 Å². The predicted molar refractivity (Wildman–Crippen MR) is 99.0 cm³/mol. The van der Waals surface area contributed by atoms with Gasteiger partial charge in [0.15, 0.2) is 0 Å². The summed E-state index contributed by atoms with van der Waals surface area (Å²) < 4.78 is 39.2. The first-order valence-electron chi connectivity index (χ1n) is 8.26. The number of anilines is 2. The smallest absolute Gasteiger partial charge is 0.235 e. The van der Waals surface area contributed by atoms with Crippen LogP contribution in [0.1, 0.15) is 12.0 Å². The molecule has 1 aliphatic rings. The zero-order valence-electron chi connectivity index (χ0n) is 13.9. The Labute approximate surface area is 150 Å². The quantitative estimate of drug-likeness (QED) is 0.762. The number of fused-ring (bicyclic) bond motifs is 1. The highest BCUT2D eigenvalue weighted by Crippen LogP contribution is 2.25. The topological polar surface area (TPSA) is 75.2 Å². The van der Waals surface area contributed by atoms with Gasteiger partial charge in [-0.3, -0.25) is 4.31 Å². The van der Waals surface area contributed by atoms with Gasteiger partial charge in [0.25, 0.3) is 0 Å². The Morgan fingerprint density at radius 3 is 2.85 bits per heavy atom. The number of hydrogen-bond acceptors (Lipinski definition) is 5. The van der Waals surface area contributed by atoms with E-state index in [1.807, 2.05) is 18.2 Å². The third kappa shape index (κ3) is 3.20. The first kappa shape index (κ1) is 16.7. The zero-order chi connectivity index (χ0) is 18.1. The summed E-state index contributed by atoms with van der Waals surface area (Å²) >= 11 is 0. The van der Waals surface area contributed by atoms with Crippen LogP contribution in [0.5, 0.6) is 0 Å². The van der Waals surface area contributed by atoms with Crippen molar-refractivity contribution in [1.82, 2.24) is 9.97 Å². The Morgan fingerprint density at radius 1 is 1.15 bits per heavy atom. The van der Waals surface area contributed by atoms with Crippen LogP contribution in [-0.2, 0) is 16.6 Å². The molecule has 4 rings (SSSR count). The number of sulfonamides is 1. The number of hydrogen-bond donors (Lipinski definition) is 1. The lowest BCUT2D eigenvalue weighted by molar-refractivity contribution is 0.599. The first-order valence-corrected chi connectivity index (χ1v) is 9.87. The van der Waals surface area contributed by atoms with E-state index in [2.05, 4.69) is 15.3 Å². The Balaban J connectivity index is 1.58. The van der Waals surface area contributed by atoms with Crippen LogP contribution in [0.2, 0.25) is 0 Å². The molecular formula is C18H17FN4O2S. The molecule has 0 atom stereocenters. The second-order valence-electron chi connectivity index (χ2n) is 6.15. The average molecular weight is 372 g/mol. The van der Waals surface area contributed by atoms with Gasteiger partial charge >= 0.3 is 0 Å². The third-order valence-corrected chi connectivity index (χ3v) is 6.22. The monoisotopic (exact) mass is 372 g/mol. The minimum atomic E-state index is -3.21.